The third-order valence-corrected chi connectivity index (χ3v) is 6.00. The van der Waals surface area contributed by atoms with Crippen LogP contribution in [0.1, 0.15) is 29.5 Å². The van der Waals surface area contributed by atoms with Crippen LogP contribution in [-0.4, -0.2) is 59.4 Å². The van der Waals surface area contributed by atoms with E-state index in [1.165, 1.54) is 0 Å². The van der Waals surface area contributed by atoms with Gasteiger partial charge in [0.05, 0.1) is 12.1 Å². The van der Waals surface area contributed by atoms with Crippen LogP contribution < -0.4 is 10.5 Å². The van der Waals surface area contributed by atoms with Gasteiger partial charge in [0.1, 0.15) is 0 Å². The number of carbonyl (C=O) groups is 2. The molecule has 0 bridgehead atoms. The van der Waals surface area contributed by atoms with Gasteiger partial charge in [0.2, 0.25) is 5.91 Å². The molecule has 1 amide bonds. The molecule has 1 heterocycles. The van der Waals surface area contributed by atoms with E-state index in [1.54, 1.807) is 18.5 Å². The summed E-state index contributed by atoms with van der Waals surface area (Å²) in [5, 5.41) is 25.4. The fourth-order valence-corrected chi connectivity index (χ4v) is 4.39. The normalized spacial score (nSPS) is 16.5. The zero-order chi connectivity index (χ0) is 23.8. The highest BCUT2D eigenvalue weighted by molar-refractivity contribution is 6.46. The lowest BCUT2D eigenvalue weighted by molar-refractivity contribution is -0.138. The zero-order valence-corrected chi connectivity index (χ0v) is 19.4. The molecule has 1 aliphatic rings. The van der Waals surface area contributed by atoms with Gasteiger partial charge in [0.25, 0.3) is 0 Å². The summed E-state index contributed by atoms with van der Waals surface area (Å²) in [6.45, 7) is 4.25. The van der Waals surface area contributed by atoms with Crippen molar-refractivity contribution < 1.29 is 19.6 Å². The minimum absolute atomic E-state index is 0.0147. The summed E-state index contributed by atoms with van der Waals surface area (Å²) in [5.41, 5.74) is 2.85. The van der Waals surface area contributed by atoms with E-state index in [9.17, 15) is 19.6 Å². The maximum Gasteiger partial charge on any atom is 0.374 e. The van der Waals surface area contributed by atoms with Crippen LogP contribution in [0.15, 0.2) is 54.6 Å². The van der Waals surface area contributed by atoms with Crippen molar-refractivity contribution in [2.45, 2.75) is 58.0 Å². The smallest absolute Gasteiger partial charge is 0.374 e. The molecule has 174 valence electrons. The van der Waals surface area contributed by atoms with Crippen molar-refractivity contribution in [3.63, 3.8) is 0 Å². The van der Waals surface area contributed by atoms with Crippen LogP contribution in [0.25, 0.3) is 0 Å². The topological polar surface area (TPSA) is 102 Å². The van der Waals surface area contributed by atoms with Crippen LogP contribution in [-0.2, 0) is 29.0 Å². The summed E-state index contributed by atoms with van der Waals surface area (Å²) in [5.74, 6) is -0.138. The molecule has 0 saturated carbocycles. The molecule has 0 radical (unpaired) electrons. The van der Waals surface area contributed by atoms with Gasteiger partial charge in [-0.05, 0) is 49.6 Å². The van der Waals surface area contributed by atoms with Crippen LogP contribution in [0.5, 0.6) is 0 Å². The van der Waals surface area contributed by atoms with Gasteiger partial charge in [-0.3, -0.25) is 9.59 Å². The van der Waals surface area contributed by atoms with Gasteiger partial charge in [0, 0.05) is 19.5 Å². The van der Waals surface area contributed by atoms with E-state index in [0.717, 1.165) is 23.1 Å². The van der Waals surface area contributed by atoms with Gasteiger partial charge in [-0.15, -0.1) is 0 Å². The predicted octanol–water partition coefficient (Wildman–Crippen LogP) is 1.30. The standard InChI is InChI=1S/C24H33B2N3O4/c1-25(32)27-17-20-12-7-6-11-19(20)16-23(30)22-13-8-14-29(22)24(31)21(28-26(2)33)15-18-9-4-3-5-10-18/h3-7,9-12,21-22,27-28,32-33H,8,13-17H2,1-2H3/t21-,22+/m1/s1. The SMILES string of the molecule is CB(O)NCc1ccccc1CC(=O)[C@@H]1CCCN1C(=O)[C@@H](Cc1ccccc1)NB(C)O. The molecule has 1 fully saturated rings. The van der Waals surface area contributed by atoms with Crippen molar-refractivity contribution in [3.8, 4) is 0 Å². The van der Waals surface area contributed by atoms with Crippen molar-refractivity contribution >= 4 is 25.8 Å². The number of amides is 1. The van der Waals surface area contributed by atoms with E-state index in [-0.39, 0.29) is 18.1 Å². The highest BCUT2D eigenvalue weighted by atomic mass is 16.2. The molecule has 2 aromatic carbocycles. The minimum atomic E-state index is -0.840. The first-order valence-electron chi connectivity index (χ1n) is 11.6. The molecule has 0 unspecified atom stereocenters. The Morgan fingerprint density at radius 2 is 1.70 bits per heavy atom. The van der Waals surface area contributed by atoms with Gasteiger partial charge in [-0.25, -0.2) is 0 Å². The number of hydrogen-bond acceptors (Lipinski definition) is 6. The lowest BCUT2D eigenvalue weighted by Crippen LogP contribution is -2.54. The van der Waals surface area contributed by atoms with Crippen LogP contribution in [0.3, 0.4) is 0 Å². The fourth-order valence-electron chi connectivity index (χ4n) is 4.39. The average Bonchev–Trinajstić information content (AvgIpc) is 3.28. The van der Waals surface area contributed by atoms with Crippen molar-refractivity contribution in [3.05, 3.63) is 71.3 Å². The number of hydrogen-bond donors (Lipinski definition) is 4. The maximum atomic E-state index is 13.5. The summed E-state index contributed by atoms with van der Waals surface area (Å²) < 4.78 is 0. The Balaban J connectivity index is 1.72. The number of carbonyl (C=O) groups excluding carboxylic acids is 2. The highest BCUT2D eigenvalue weighted by Gasteiger charge is 2.37. The molecular weight excluding hydrogens is 416 g/mol. The Kier molecular flexibility index (Phi) is 9.26. The molecule has 3 rings (SSSR count). The molecule has 1 aliphatic heterocycles. The van der Waals surface area contributed by atoms with Crippen LogP contribution in [0, 0.1) is 0 Å². The third-order valence-electron chi connectivity index (χ3n) is 6.00. The molecule has 1 saturated heterocycles. The molecule has 0 spiro atoms. The molecule has 7 nitrogen and oxygen atoms in total. The van der Waals surface area contributed by atoms with Crippen molar-refractivity contribution in [1.82, 2.24) is 15.4 Å². The van der Waals surface area contributed by atoms with Crippen LogP contribution >= 0.6 is 0 Å². The number of benzene rings is 2. The van der Waals surface area contributed by atoms with E-state index < -0.39 is 26.2 Å². The number of likely N-dealkylation sites (tertiary alicyclic amines) is 1. The Labute approximate surface area is 196 Å². The second-order valence-electron chi connectivity index (χ2n) is 8.74. The lowest BCUT2D eigenvalue weighted by atomic mass is 9.85. The quantitative estimate of drug-likeness (QED) is 0.386. The number of Topliss-reactive ketones (excluding diaryl/α,β-unsaturated/α-hetero) is 1. The molecule has 0 aliphatic carbocycles. The largest absolute Gasteiger partial charge is 0.437 e. The van der Waals surface area contributed by atoms with Gasteiger partial charge in [0.15, 0.2) is 5.78 Å². The lowest BCUT2D eigenvalue weighted by Gasteiger charge is -2.29. The highest BCUT2D eigenvalue weighted by Crippen LogP contribution is 2.22. The summed E-state index contributed by atoms with van der Waals surface area (Å²) in [4.78, 5) is 28.4. The van der Waals surface area contributed by atoms with Gasteiger partial charge < -0.3 is 25.4 Å². The average molecular weight is 449 g/mol. The number of nitrogens with one attached hydrogen (secondary N) is 2. The number of nitrogens with zero attached hydrogens (tertiary/aromatic N) is 1. The predicted molar refractivity (Wildman–Crippen MR) is 131 cm³/mol. The molecule has 2 aromatic rings. The molecule has 9 heteroatoms. The van der Waals surface area contributed by atoms with Crippen LogP contribution in [0.2, 0.25) is 13.6 Å². The summed E-state index contributed by atoms with van der Waals surface area (Å²) in [6.07, 6.45) is 2.10. The first-order chi connectivity index (χ1) is 15.8. The van der Waals surface area contributed by atoms with E-state index in [1.807, 2.05) is 54.6 Å². The zero-order valence-electron chi connectivity index (χ0n) is 19.4. The van der Waals surface area contributed by atoms with E-state index in [2.05, 4.69) is 10.5 Å². The Hall–Kier alpha value is -2.45. The summed E-state index contributed by atoms with van der Waals surface area (Å²) >= 11 is 0. The molecule has 33 heavy (non-hydrogen) atoms. The second-order valence-corrected chi connectivity index (χ2v) is 8.74. The van der Waals surface area contributed by atoms with Crippen molar-refractivity contribution in [2.75, 3.05) is 6.54 Å². The first kappa shape index (κ1) is 25.2. The monoisotopic (exact) mass is 449 g/mol. The molecule has 4 N–H and O–H groups in total. The number of ketones is 1. The van der Waals surface area contributed by atoms with Crippen molar-refractivity contribution in [2.24, 2.45) is 0 Å². The Bertz CT molecular complexity index is 927. The maximum absolute atomic E-state index is 13.5. The van der Waals surface area contributed by atoms with Crippen LogP contribution in [0.4, 0.5) is 0 Å². The van der Waals surface area contributed by atoms with Crippen molar-refractivity contribution in [1.29, 1.82) is 0 Å². The Morgan fingerprint density at radius 3 is 2.36 bits per heavy atom. The Morgan fingerprint density at radius 1 is 1.03 bits per heavy atom. The van der Waals surface area contributed by atoms with E-state index in [0.29, 0.717) is 25.9 Å². The van der Waals surface area contributed by atoms with Gasteiger partial charge in [-0.1, -0.05) is 54.6 Å². The fraction of sp³-hybridized carbons (Fsp3) is 0.417. The molecule has 2 atom stereocenters. The minimum Gasteiger partial charge on any atom is -0.437 e. The molecule has 0 aromatic heterocycles. The van der Waals surface area contributed by atoms with E-state index >= 15 is 0 Å². The second kappa shape index (κ2) is 12.1. The van der Waals surface area contributed by atoms with Gasteiger partial charge >= 0.3 is 14.1 Å². The van der Waals surface area contributed by atoms with E-state index in [4.69, 9.17) is 0 Å². The first-order valence-corrected chi connectivity index (χ1v) is 11.6. The van der Waals surface area contributed by atoms with Gasteiger partial charge in [-0.2, -0.15) is 0 Å². The third kappa shape index (κ3) is 7.27. The number of rotatable bonds is 11. The molecular formula is C24H33B2N3O4. The summed E-state index contributed by atoms with van der Waals surface area (Å²) in [6, 6.07) is 16.3. The summed E-state index contributed by atoms with van der Waals surface area (Å²) in [7, 11) is -1.48.